The summed E-state index contributed by atoms with van der Waals surface area (Å²) in [7, 11) is 0. The number of halogens is 1. The molecule has 0 unspecified atom stereocenters. The molecule has 22 heavy (non-hydrogen) atoms. The lowest BCUT2D eigenvalue weighted by Gasteiger charge is -2.14. The highest BCUT2D eigenvalue weighted by Crippen LogP contribution is 2.20. The molecule has 6 heteroatoms. The number of carbonyl (C=O) groups excluding carboxylic acids is 1. The molecule has 2 heterocycles. The molecule has 3 rings (SSSR count). The predicted octanol–water partition coefficient (Wildman–Crippen LogP) is 3.29. The second-order valence-electron chi connectivity index (χ2n) is 5.38. The maximum absolute atomic E-state index is 12.2. The molecule has 1 aliphatic heterocycles. The van der Waals surface area contributed by atoms with E-state index in [0.29, 0.717) is 16.5 Å². The van der Waals surface area contributed by atoms with Crippen LogP contribution in [0.4, 0.5) is 11.6 Å². The summed E-state index contributed by atoms with van der Waals surface area (Å²) in [5.41, 5.74) is 2.09. The zero-order valence-corrected chi connectivity index (χ0v) is 13.1. The topological polar surface area (TPSA) is 58.1 Å². The van der Waals surface area contributed by atoms with Crippen molar-refractivity contribution < 1.29 is 4.79 Å². The van der Waals surface area contributed by atoms with Gasteiger partial charge in [0.1, 0.15) is 0 Å². The summed E-state index contributed by atoms with van der Waals surface area (Å²) in [6.45, 7) is 3.86. The van der Waals surface area contributed by atoms with Gasteiger partial charge in [-0.1, -0.05) is 11.6 Å². The number of hydrogen-bond donors (Lipinski definition) is 1. The summed E-state index contributed by atoms with van der Waals surface area (Å²) < 4.78 is 0. The van der Waals surface area contributed by atoms with Crippen molar-refractivity contribution in [2.24, 2.45) is 0 Å². The average molecular weight is 317 g/mol. The van der Waals surface area contributed by atoms with Gasteiger partial charge in [-0.3, -0.25) is 4.79 Å². The van der Waals surface area contributed by atoms with Crippen LogP contribution in [0.2, 0.25) is 5.02 Å². The molecule has 0 radical (unpaired) electrons. The van der Waals surface area contributed by atoms with Crippen LogP contribution in [-0.2, 0) is 0 Å². The number of aryl methyl sites for hydroxylation is 1. The van der Waals surface area contributed by atoms with Crippen molar-refractivity contribution in [3.05, 3.63) is 46.7 Å². The molecule has 1 fully saturated rings. The Balaban J connectivity index is 1.71. The standard InChI is InChI=1S/C16H17ClN4O/c1-11-8-13(17)4-5-14(11)20-15(22)12-9-18-16(19-10-12)21-6-2-3-7-21/h4-5,8-10H,2-3,6-7H2,1H3,(H,20,22). The fourth-order valence-electron chi connectivity index (χ4n) is 2.48. The van der Waals surface area contributed by atoms with Gasteiger partial charge in [0.25, 0.3) is 5.91 Å². The van der Waals surface area contributed by atoms with E-state index in [0.717, 1.165) is 24.3 Å². The molecule has 5 nitrogen and oxygen atoms in total. The third-order valence-corrected chi connectivity index (χ3v) is 3.96. The number of benzene rings is 1. The second-order valence-corrected chi connectivity index (χ2v) is 5.82. The first-order valence-electron chi connectivity index (χ1n) is 7.28. The molecule has 0 atom stereocenters. The molecule has 1 aromatic heterocycles. The largest absolute Gasteiger partial charge is 0.341 e. The Bertz CT molecular complexity index is 681. The number of nitrogens with one attached hydrogen (secondary N) is 1. The number of nitrogens with zero attached hydrogens (tertiary/aromatic N) is 3. The van der Waals surface area contributed by atoms with Crippen molar-refractivity contribution in [1.29, 1.82) is 0 Å². The Kier molecular flexibility index (Phi) is 4.24. The van der Waals surface area contributed by atoms with E-state index in [4.69, 9.17) is 11.6 Å². The van der Waals surface area contributed by atoms with Gasteiger partial charge in [-0.2, -0.15) is 0 Å². The van der Waals surface area contributed by atoms with Crippen LogP contribution in [0.1, 0.15) is 28.8 Å². The van der Waals surface area contributed by atoms with Crippen molar-refractivity contribution in [2.45, 2.75) is 19.8 Å². The van der Waals surface area contributed by atoms with Crippen molar-refractivity contribution in [2.75, 3.05) is 23.3 Å². The van der Waals surface area contributed by atoms with Crippen LogP contribution in [-0.4, -0.2) is 29.0 Å². The highest BCUT2D eigenvalue weighted by molar-refractivity contribution is 6.30. The molecule has 1 aromatic carbocycles. The molecule has 0 spiro atoms. The Morgan fingerprint density at radius 3 is 2.55 bits per heavy atom. The van der Waals surface area contributed by atoms with E-state index in [-0.39, 0.29) is 5.91 Å². The Labute approximate surface area is 134 Å². The number of anilines is 2. The van der Waals surface area contributed by atoms with Crippen molar-refractivity contribution in [1.82, 2.24) is 9.97 Å². The van der Waals surface area contributed by atoms with Gasteiger partial charge in [0.15, 0.2) is 0 Å². The van der Waals surface area contributed by atoms with Crippen molar-refractivity contribution >= 4 is 29.1 Å². The van der Waals surface area contributed by atoms with E-state index in [1.165, 1.54) is 12.8 Å². The molecule has 0 bridgehead atoms. The van der Waals surface area contributed by atoms with Gasteiger partial charge >= 0.3 is 0 Å². The van der Waals surface area contributed by atoms with E-state index >= 15 is 0 Å². The lowest BCUT2D eigenvalue weighted by molar-refractivity contribution is 0.102. The number of carbonyl (C=O) groups is 1. The SMILES string of the molecule is Cc1cc(Cl)ccc1NC(=O)c1cnc(N2CCCC2)nc1. The average Bonchev–Trinajstić information content (AvgIpc) is 3.04. The van der Waals surface area contributed by atoms with Crippen LogP contribution >= 0.6 is 11.6 Å². The number of aromatic nitrogens is 2. The van der Waals surface area contributed by atoms with Crippen LogP contribution < -0.4 is 10.2 Å². The third kappa shape index (κ3) is 3.20. The van der Waals surface area contributed by atoms with Gasteiger partial charge in [0.05, 0.1) is 5.56 Å². The minimum atomic E-state index is -0.224. The van der Waals surface area contributed by atoms with Crippen LogP contribution in [0, 0.1) is 6.92 Å². The van der Waals surface area contributed by atoms with E-state index in [1.807, 2.05) is 13.0 Å². The van der Waals surface area contributed by atoms with Gasteiger partial charge in [-0.25, -0.2) is 9.97 Å². The normalized spacial score (nSPS) is 14.2. The summed E-state index contributed by atoms with van der Waals surface area (Å²) in [5, 5.41) is 3.50. The fraction of sp³-hybridized carbons (Fsp3) is 0.312. The van der Waals surface area contributed by atoms with Gasteiger partial charge in [0.2, 0.25) is 5.95 Å². The fourth-order valence-corrected chi connectivity index (χ4v) is 2.71. The summed E-state index contributed by atoms with van der Waals surface area (Å²) >= 11 is 5.91. The predicted molar refractivity (Wildman–Crippen MR) is 87.6 cm³/mol. The summed E-state index contributed by atoms with van der Waals surface area (Å²) in [6, 6.07) is 5.34. The molecule has 0 aliphatic carbocycles. The number of amides is 1. The molecule has 1 N–H and O–H groups in total. The quantitative estimate of drug-likeness (QED) is 0.944. The third-order valence-electron chi connectivity index (χ3n) is 3.73. The summed E-state index contributed by atoms with van der Waals surface area (Å²) in [4.78, 5) is 23.0. The molecule has 1 saturated heterocycles. The Morgan fingerprint density at radius 2 is 1.91 bits per heavy atom. The summed E-state index contributed by atoms with van der Waals surface area (Å²) in [5.74, 6) is 0.468. The van der Waals surface area contributed by atoms with Crippen LogP contribution in [0.15, 0.2) is 30.6 Å². The van der Waals surface area contributed by atoms with Gasteiger partial charge in [-0.15, -0.1) is 0 Å². The highest BCUT2D eigenvalue weighted by Gasteiger charge is 2.16. The molecular weight excluding hydrogens is 300 g/mol. The van der Waals surface area contributed by atoms with Crippen LogP contribution in [0.5, 0.6) is 0 Å². The van der Waals surface area contributed by atoms with E-state index in [9.17, 15) is 4.79 Å². The second kappa shape index (κ2) is 6.32. The maximum atomic E-state index is 12.2. The lowest BCUT2D eigenvalue weighted by Crippen LogP contribution is -2.21. The molecule has 0 saturated carbocycles. The van der Waals surface area contributed by atoms with Gasteiger partial charge in [-0.05, 0) is 43.5 Å². The van der Waals surface area contributed by atoms with Gasteiger partial charge < -0.3 is 10.2 Å². The molecular formula is C16H17ClN4O. The highest BCUT2D eigenvalue weighted by atomic mass is 35.5. The van der Waals surface area contributed by atoms with Crippen molar-refractivity contribution in [3.63, 3.8) is 0 Å². The number of rotatable bonds is 3. The zero-order chi connectivity index (χ0) is 15.5. The maximum Gasteiger partial charge on any atom is 0.258 e. The first-order valence-corrected chi connectivity index (χ1v) is 7.66. The number of hydrogen-bond acceptors (Lipinski definition) is 4. The molecule has 114 valence electrons. The molecule has 2 aromatic rings. The van der Waals surface area contributed by atoms with E-state index in [1.54, 1.807) is 24.5 Å². The van der Waals surface area contributed by atoms with Crippen LogP contribution in [0.3, 0.4) is 0 Å². The first-order chi connectivity index (χ1) is 10.6. The Hall–Kier alpha value is -2.14. The molecule has 1 amide bonds. The minimum Gasteiger partial charge on any atom is -0.341 e. The van der Waals surface area contributed by atoms with E-state index in [2.05, 4.69) is 20.2 Å². The van der Waals surface area contributed by atoms with E-state index < -0.39 is 0 Å². The zero-order valence-electron chi connectivity index (χ0n) is 12.3. The summed E-state index contributed by atoms with van der Waals surface area (Å²) in [6.07, 6.45) is 5.48. The van der Waals surface area contributed by atoms with Crippen LogP contribution in [0.25, 0.3) is 0 Å². The lowest BCUT2D eigenvalue weighted by atomic mass is 10.2. The van der Waals surface area contributed by atoms with Gasteiger partial charge in [0, 0.05) is 36.2 Å². The minimum absolute atomic E-state index is 0.224. The smallest absolute Gasteiger partial charge is 0.258 e. The monoisotopic (exact) mass is 316 g/mol. The molecule has 1 aliphatic rings. The first kappa shape index (κ1) is 14.8. The van der Waals surface area contributed by atoms with Crippen molar-refractivity contribution in [3.8, 4) is 0 Å². The Morgan fingerprint density at radius 1 is 1.23 bits per heavy atom.